The van der Waals surface area contributed by atoms with Crippen molar-refractivity contribution < 1.29 is 9.90 Å². The van der Waals surface area contributed by atoms with Gasteiger partial charge < -0.3 is 14.6 Å². The minimum atomic E-state index is -0.957. The first kappa shape index (κ1) is 15.0. The molecule has 1 saturated heterocycles. The van der Waals surface area contributed by atoms with Gasteiger partial charge in [0, 0.05) is 30.7 Å². The zero-order valence-electron chi connectivity index (χ0n) is 13.6. The van der Waals surface area contributed by atoms with Crippen LogP contribution in [-0.2, 0) is 12.6 Å². The number of likely N-dealkylation sites (tertiary alicyclic amines) is 1. The molecule has 4 rings (SSSR count). The van der Waals surface area contributed by atoms with Crippen LogP contribution < -0.4 is 0 Å². The number of rotatable bonds is 2. The van der Waals surface area contributed by atoms with Crippen molar-refractivity contribution >= 4 is 16.8 Å². The maximum Gasteiger partial charge on any atom is 0.256 e. The number of para-hydroxylation sites is 1. The molecule has 1 fully saturated rings. The quantitative estimate of drug-likeness (QED) is 0.789. The highest BCUT2D eigenvalue weighted by Crippen LogP contribution is 2.33. The highest BCUT2D eigenvalue weighted by atomic mass is 16.3. The van der Waals surface area contributed by atoms with Gasteiger partial charge in [-0.1, -0.05) is 48.5 Å². The first-order valence-electron chi connectivity index (χ1n) is 8.20. The van der Waals surface area contributed by atoms with Gasteiger partial charge in [0.2, 0.25) is 0 Å². The van der Waals surface area contributed by atoms with E-state index in [1.54, 1.807) is 4.90 Å². The average Bonchev–Trinajstić information content (AvgIpc) is 3.18. The standard InChI is InChI=1S/C20H20N2O2/c1-21-13-17(16-9-5-6-10-18(16)21)19(23)22-12-11-20(24,14-22)15-7-3-2-4-8-15/h2-10,13,24H,11-12,14H2,1H3/t20-/m0/s1. The van der Waals surface area contributed by atoms with E-state index in [1.165, 1.54) is 0 Å². The first-order valence-corrected chi connectivity index (χ1v) is 8.20. The van der Waals surface area contributed by atoms with E-state index in [-0.39, 0.29) is 5.91 Å². The van der Waals surface area contributed by atoms with Crippen molar-refractivity contribution in [3.8, 4) is 0 Å². The number of fused-ring (bicyclic) bond motifs is 1. The maximum atomic E-state index is 13.0. The molecule has 0 bridgehead atoms. The topological polar surface area (TPSA) is 45.5 Å². The highest BCUT2D eigenvalue weighted by molar-refractivity contribution is 6.07. The number of aromatic nitrogens is 1. The third kappa shape index (κ3) is 2.31. The Labute approximate surface area is 140 Å². The van der Waals surface area contributed by atoms with Crippen molar-refractivity contribution in [1.82, 2.24) is 9.47 Å². The molecule has 2 aromatic carbocycles. The number of carbonyl (C=O) groups excluding carboxylic acids is 1. The van der Waals surface area contributed by atoms with Gasteiger partial charge in [0.15, 0.2) is 0 Å². The zero-order chi connectivity index (χ0) is 16.7. The number of benzene rings is 2. The summed E-state index contributed by atoms with van der Waals surface area (Å²) in [6, 6.07) is 17.5. The lowest BCUT2D eigenvalue weighted by molar-refractivity contribution is 0.0418. The van der Waals surface area contributed by atoms with E-state index < -0.39 is 5.60 Å². The van der Waals surface area contributed by atoms with Gasteiger partial charge in [0.1, 0.15) is 5.60 Å². The van der Waals surface area contributed by atoms with E-state index in [0.717, 1.165) is 16.5 Å². The summed E-state index contributed by atoms with van der Waals surface area (Å²) < 4.78 is 1.97. The first-order chi connectivity index (χ1) is 11.6. The van der Waals surface area contributed by atoms with Gasteiger partial charge in [-0.2, -0.15) is 0 Å². The summed E-state index contributed by atoms with van der Waals surface area (Å²) in [5, 5.41) is 11.9. The monoisotopic (exact) mass is 320 g/mol. The summed E-state index contributed by atoms with van der Waals surface area (Å²) in [6.07, 6.45) is 2.44. The molecule has 0 spiro atoms. The van der Waals surface area contributed by atoms with Crippen LogP contribution in [0.4, 0.5) is 0 Å². The van der Waals surface area contributed by atoms with Gasteiger partial charge in [-0.25, -0.2) is 0 Å². The van der Waals surface area contributed by atoms with Gasteiger partial charge in [0.25, 0.3) is 5.91 Å². The van der Waals surface area contributed by atoms with Gasteiger partial charge >= 0.3 is 0 Å². The summed E-state index contributed by atoms with van der Waals surface area (Å²) >= 11 is 0. The Balaban J connectivity index is 1.64. The van der Waals surface area contributed by atoms with Gasteiger partial charge in [-0.3, -0.25) is 4.79 Å². The molecule has 1 aromatic heterocycles. The molecular weight excluding hydrogens is 300 g/mol. The minimum absolute atomic E-state index is 0.0151. The van der Waals surface area contributed by atoms with Gasteiger partial charge in [-0.05, 0) is 18.1 Å². The highest BCUT2D eigenvalue weighted by Gasteiger charge is 2.40. The minimum Gasteiger partial charge on any atom is -0.383 e. The van der Waals surface area contributed by atoms with Crippen molar-refractivity contribution in [1.29, 1.82) is 0 Å². The number of β-amino-alcohol motifs (C(OH)–C–C–N with tert-alkyl or cyclic N) is 1. The second kappa shape index (κ2) is 5.49. The predicted octanol–water partition coefficient (Wildman–Crippen LogP) is 2.91. The number of carbonyl (C=O) groups is 1. The Morgan fingerprint density at radius 2 is 1.79 bits per heavy atom. The third-order valence-electron chi connectivity index (χ3n) is 4.97. The molecule has 24 heavy (non-hydrogen) atoms. The number of hydrogen-bond donors (Lipinski definition) is 1. The molecule has 1 N–H and O–H groups in total. The van der Waals surface area contributed by atoms with Crippen molar-refractivity contribution in [2.45, 2.75) is 12.0 Å². The molecule has 1 amide bonds. The molecule has 4 nitrogen and oxygen atoms in total. The predicted molar refractivity (Wildman–Crippen MR) is 93.8 cm³/mol. The summed E-state index contributed by atoms with van der Waals surface area (Å²) in [6.45, 7) is 0.895. The Bertz CT molecular complexity index is 900. The number of amides is 1. The van der Waals surface area contributed by atoms with Crippen LogP contribution >= 0.6 is 0 Å². The third-order valence-corrected chi connectivity index (χ3v) is 4.97. The lowest BCUT2D eigenvalue weighted by Gasteiger charge is -2.23. The van der Waals surface area contributed by atoms with Crippen LogP contribution in [0.3, 0.4) is 0 Å². The number of nitrogens with zero attached hydrogens (tertiary/aromatic N) is 2. The normalized spacial score (nSPS) is 20.7. The Hall–Kier alpha value is -2.59. The van der Waals surface area contributed by atoms with Gasteiger partial charge in [-0.15, -0.1) is 0 Å². The summed E-state index contributed by atoms with van der Waals surface area (Å²) in [5.41, 5.74) is 1.66. The molecule has 0 aliphatic carbocycles. The number of aryl methyl sites for hydroxylation is 1. The van der Waals surface area contributed by atoms with Gasteiger partial charge in [0.05, 0.1) is 12.1 Å². The van der Waals surface area contributed by atoms with E-state index in [9.17, 15) is 9.90 Å². The van der Waals surface area contributed by atoms with Crippen molar-refractivity contribution in [2.24, 2.45) is 7.05 Å². The lowest BCUT2D eigenvalue weighted by atomic mass is 9.93. The van der Waals surface area contributed by atoms with Crippen LogP contribution in [-0.4, -0.2) is 33.6 Å². The second-order valence-electron chi connectivity index (χ2n) is 6.55. The number of aliphatic hydroxyl groups is 1. The molecule has 0 radical (unpaired) electrons. The van der Waals surface area contributed by atoms with Crippen molar-refractivity contribution in [3.63, 3.8) is 0 Å². The largest absolute Gasteiger partial charge is 0.383 e. The Morgan fingerprint density at radius 3 is 2.58 bits per heavy atom. The fourth-order valence-corrected chi connectivity index (χ4v) is 3.63. The Kier molecular flexibility index (Phi) is 3.43. The van der Waals surface area contributed by atoms with Crippen LogP contribution in [0.1, 0.15) is 22.3 Å². The molecule has 122 valence electrons. The second-order valence-corrected chi connectivity index (χ2v) is 6.55. The van der Waals surface area contributed by atoms with E-state index in [2.05, 4.69) is 0 Å². The van der Waals surface area contributed by atoms with Crippen molar-refractivity contribution in [2.75, 3.05) is 13.1 Å². The maximum absolute atomic E-state index is 13.0. The summed E-state index contributed by atoms with van der Waals surface area (Å²) in [7, 11) is 1.95. The van der Waals surface area contributed by atoms with E-state index in [0.29, 0.717) is 25.1 Å². The van der Waals surface area contributed by atoms with Crippen LogP contribution in [0, 0.1) is 0 Å². The summed E-state index contributed by atoms with van der Waals surface area (Å²) in [5.74, 6) is -0.0151. The molecule has 1 aliphatic rings. The molecule has 2 heterocycles. The van der Waals surface area contributed by atoms with Crippen LogP contribution in [0.2, 0.25) is 0 Å². The molecule has 3 aromatic rings. The zero-order valence-corrected chi connectivity index (χ0v) is 13.6. The molecule has 1 aliphatic heterocycles. The molecular formula is C20H20N2O2. The fraction of sp³-hybridized carbons (Fsp3) is 0.250. The fourth-order valence-electron chi connectivity index (χ4n) is 3.63. The average molecular weight is 320 g/mol. The van der Waals surface area contributed by atoms with Crippen LogP contribution in [0.25, 0.3) is 10.9 Å². The smallest absolute Gasteiger partial charge is 0.256 e. The SMILES string of the molecule is Cn1cc(C(=O)N2CC[C@@](O)(c3ccccc3)C2)c2ccccc21. The number of hydrogen-bond acceptors (Lipinski definition) is 2. The molecule has 1 atom stereocenters. The summed E-state index contributed by atoms with van der Waals surface area (Å²) in [4.78, 5) is 14.8. The van der Waals surface area contributed by atoms with E-state index in [4.69, 9.17) is 0 Å². The molecule has 0 unspecified atom stereocenters. The lowest BCUT2D eigenvalue weighted by Crippen LogP contribution is -2.34. The van der Waals surface area contributed by atoms with Crippen molar-refractivity contribution in [3.05, 3.63) is 71.9 Å². The Morgan fingerprint density at radius 1 is 1.08 bits per heavy atom. The van der Waals surface area contributed by atoms with E-state index >= 15 is 0 Å². The molecule has 0 saturated carbocycles. The van der Waals surface area contributed by atoms with Crippen LogP contribution in [0.5, 0.6) is 0 Å². The molecule has 4 heteroatoms. The van der Waals surface area contributed by atoms with Crippen LogP contribution in [0.15, 0.2) is 60.8 Å². The van der Waals surface area contributed by atoms with E-state index in [1.807, 2.05) is 72.4 Å².